The van der Waals surface area contributed by atoms with E-state index in [1.54, 1.807) is 6.20 Å². The largest absolute Gasteiger partial charge is 0.397 e. The molecule has 0 unspecified atom stereocenters. The van der Waals surface area contributed by atoms with Crippen LogP contribution in [0.3, 0.4) is 0 Å². The number of aromatic nitrogens is 1. The van der Waals surface area contributed by atoms with Gasteiger partial charge in [0.15, 0.2) is 0 Å². The molecule has 3 rings (SSSR count). The molecule has 1 fully saturated rings. The van der Waals surface area contributed by atoms with E-state index in [0.717, 1.165) is 48.2 Å². The highest BCUT2D eigenvalue weighted by Gasteiger charge is 2.20. The molecule has 1 aliphatic heterocycles. The number of nitrogens with zero attached hydrogens (tertiary/aromatic N) is 2. The van der Waals surface area contributed by atoms with Crippen molar-refractivity contribution in [1.82, 2.24) is 4.98 Å². The first kappa shape index (κ1) is 12.2. The molecule has 0 aliphatic carbocycles. The molecule has 0 amide bonds. The maximum Gasteiger partial charge on any atom is 0.0632 e. The van der Waals surface area contributed by atoms with Crippen LogP contribution in [0.25, 0.3) is 10.8 Å². The number of benzene rings is 1. The second kappa shape index (κ2) is 5.05. The van der Waals surface area contributed by atoms with Crippen molar-refractivity contribution in [3.8, 4) is 0 Å². The van der Waals surface area contributed by atoms with E-state index in [4.69, 9.17) is 10.5 Å². The van der Waals surface area contributed by atoms with Crippen molar-refractivity contribution in [2.45, 2.75) is 18.9 Å². The van der Waals surface area contributed by atoms with E-state index in [0.29, 0.717) is 6.04 Å². The van der Waals surface area contributed by atoms with Gasteiger partial charge in [0.2, 0.25) is 0 Å². The van der Waals surface area contributed by atoms with Gasteiger partial charge in [-0.1, -0.05) is 6.07 Å². The monoisotopic (exact) mass is 257 g/mol. The van der Waals surface area contributed by atoms with Crippen LogP contribution in [0.1, 0.15) is 12.8 Å². The highest BCUT2D eigenvalue weighted by Crippen LogP contribution is 2.32. The molecular formula is C15H19N3O. The Bertz CT molecular complexity index is 579. The number of nitrogens with two attached hydrogens (primary N) is 1. The third-order valence-electron chi connectivity index (χ3n) is 3.96. The number of hydrogen-bond acceptors (Lipinski definition) is 4. The Morgan fingerprint density at radius 2 is 2.05 bits per heavy atom. The molecule has 0 atom stereocenters. The molecule has 19 heavy (non-hydrogen) atoms. The Kier molecular flexibility index (Phi) is 3.25. The molecular weight excluding hydrogens is 238 g/mol. The first-order chi connectivity index (χ1) is 9.27. The highest BCUT2D eigenvalue weighted by molar-refractivity contribution is 5.98. The van der Waals surface area contributed by atoms with Crippen molar-refractivity contribution in [3.05, 3.63) is 30.6 Å². The molecule has 2 aromatic rings. The minimum Gasteiger partial charge on any atom is -0.397 e. The summed E-state index contributed by atoms with van der Waals surface area (Å²) in [5, 5.41) is 2.16. The number of fused-ring (bicyclic) bond motifs is 1. The number of pyridine rings is 1. The lowest BCUT2D eigenvalue weighted by molar-refractivity contribution is 0.0855. The normalized spacial score (nSPS) is 16.7. The zero-order chi connectivity index (χ0) is 13.2. The van der Waals surface area contributed by atoms with Crippen molar-refractivity contribution in [3.63, 3.8) is 0 Å². The lowest BCUT2D eigenvalue weighted by Gasteiger charge is -2.33. The van der Waals surface area contributed by atoms with Gasteiger partial charge in [-0.05, 0) is 25.0 Å². The van der Waals surface area contributed by atoms with Crippen LogP contribution in [-0.4, -0.2) is 31.3 Å². The Morgan fingerprint density at radius 1 is 1.26 bits per heavy atom. The third-order valence-corrected chi connectivity index (χ3v) is 3.96. The summed E-state index contributed by atoms with van der Waals surface area (Å²) in [6, 6.07) is 6.67. The van der Waals surface area contributed by atoms with Gasteiger partial charge in [-0.25, -0.2) is 0 Å². The summed E-state index contributed by atoms with van der Waals surface area (Å²) in [4.78, 5) is 6.42. The molecule has 100 valence electrons. The second-order valence-electron chi connectivity index (χ2n) is 5.05. The highest BCUT2D eigenvalue weighted by atomic mass is 16.5. The van der Waals surface area contributed by atoms with E-state index < -0.39 is 0 Å². The molecule has 4 nitrogen and oxygen atoms in total. The Labute approximate surface area is 113 Å². The minimum absolute atomic E-state index is 0.510. The van der Waals surface area contributed by atoms with Crippen molar-refractivity contribution >= 4 is 22.1 Å². The van der Waals surface area contributed by atoms with Crippen molar-refractivity contribution in [1.29, 1.82) is 0 Å². The van der Waals surface area contributed by atoms with Crippen molar-refractivity contribution in [2.75, 3.05) is 30.9 Å². The molecule has 1 saturated heterocycles. The minimum atomic E-state index is 0.510. The molecule has 1 aromatic carbocycles. The summed E-state index contributed by atoms with van der Waals surface area (Å²) in [5.41, 5.74) is 8.27. The Morgan fingerprint density at radius 3 is 2.84 bits per heavy atom. The van der Waals surface area contributed by atoms with Crippen molar-refractivity contribution in [2.24, 2.45) is 0 Å². The fraction of sp³-hybridized carbons (Fsp3) is 0.400. The van der Waals surface area contributed by atoms with Crippen LogP contribution in [0.4, 0.5) is 11.4 Å². The number of rotatable bonds is 2. The summed E-state index contributed by atoms with van der Waals surface area (Å²) >= 11 is 0. The molecule has 1 aliphatic rings. The van der Waals surface area contributed by atoms with Gasteiger partial charge in [-0.3, -0.25) is 4.98 Å². The zero-order valence-electron chi connectivity index (χ0n) is 11.2. The van der Waals surface area contributed by atoms with E-state index in [2.05, 4.69) is 29.1 Å². The topological polar surface area (TPSA) is 51.4 Å². The molecule has 4 heteroatoms. The Balaban J connectivity index is 1.97. The first-order valence-corrected chi connectivity index (χ1v) is 6.70. The molecule has 0 saturated carbocycles. The van der Waals surface area contributed by atoms with Crippen LogP contribution in [0.15, 0.2) is 30.6 Å². The first-order valence-electron chi connectivity index (χ1n) is 6.70. The fourth-order valence-corrected chi connectivity index (χ4v) is 2.76. The molecule has 2 N–H and O–H groups in total. The summed E-state index contributed by atoms with van der Waals surface area (Å²) in [7, 11) is 2.12. The van der Waals surface area contributed by atoms with Gasteiger partial charge in [0, 0.05) is 49.5 Å². The zero-order valence-corrected chi connectivity index (χ0v) is 11.2. The molecule has 0 bridgehead atoms. The van der Waals surface area contributed by atoms with Gasteiger partial charge < -0.3 is 15.4 Å². The average molecular weight is 257 g/mol. The standard InChI is InChI=1S/C15H19N3O/c1-18(12-5-8-19-9-6-12)14-3-2-11-10-17-7-4-13(11)15(14)16/h2-4,7,10,12H,5-6,8-9,16H2,1H3. The molecule has 2 heterocycles. The SMILES string of the molecule is CN(c1ccc2cnccc2c1N)C1CCOCC1. The van der Waals surface area contributed by atoms with Crippen LogP contribution >= 0.6 is 0 Å². The molecule has 0 spiro atoms. The summed E-state index contributed by atoms with van der Waals surface area (Å²) in [5.74, 6) is 0. The van der Waals surface area contributed by atoms with E-state index in [1.165, 1.54) is 0 Å². The van der Waals surface area contributed by atoms with E-state index in [1.807, 2.05) is 12.3 Å². The van der Waals surface area contributed by atoms with E-state index >= 15 is 0 Å². The van der Waals surface area contributed by atoms with Gasteiger partial charge in [-0.15, -0.1) is 0 Å². The van der Waals surface area contributed by atoms with Gasteiger partial charge in [0.1, 0.15) is 0 Å². The molecule has 0 radical (unpaired) electrons. The number of ether oxygens (including phenoxy) is 1. The van der Waals surface area contributed by atoms with Crippen molar-refractivity contribution < 1.29 is 4.74 Å². The summed E-state index contributed by atoms with van der Waals surface area (Å²) in [6.45, 7) is 1.68. The van der Waals surface area contributed by atoms with Gasteiger partial charge in [-0.2, -0.15) is 0 Å². The quantitative estimate of drug-likeness (QED) is 0.839. The lowest BCUT2D eigenvalue weighted by Crippen LogP contribution is -2.37. The predicted molar refractivity (Wildman–Crippen MR) is 78.4 cm³/mol. The van der Waals surface area contributed by atoms with Crippen LogP contribution in [-0.2, 0) is 4.74 Å². The van der Waals surface area contributed by atoms with Crippen LogP contribution < -0.4 is 10.6 Å². The van der Waals surface area contributed by atoms with E-state index in [-0.39, 0.29) is 0 Å². The predicted octanol–water partition coefficient (Wildman–Crippen LogP) is 2.43. The van der Waals surface area contributed by atoms with E-state index in [9.17, 15) is 0 Å². The second-order valence-corrected chi connectivity index (χ2v) is 5.05. The van der Waals surface area contributed by atoms with Gasteiger partial charge >= 0.3 is 0 Å². The summed E-state index contributed by atoms with van der Waals surface area (Å²) < 4.78 is 5.42. The summed E-state index contributed by atoms with van der Waals surface area (Å²) in [6.07, 6.45) is 5.76. The van der Waals surface area contributed by atoms with Crippen LogP contribution in [0, 0.1) is 0 Å². The smallest absolute Gasteiger partial charge is 0.0632 e. The van der Waals surface area contributed by atoms with Gasteiger partial charge in [0.25, 0.3) is 0 Å². The number of nitrogen functional groups attached to an aromatic ring is 1. The van der Waals surface area contributed by atoms with Crippen LogP contribution in [0.5, 0.6) is 0 Å². The number of anilines is 2. The lowest BCUT2D eigenvalue weighted by atomic mass is 10.0. The number of hydrogen-bond donors (Lipinski definition) is 1. The maximum atomic E-state index is 6.33. The maximum absolute atomic E-state index is 6.33. The fourth-order valence-electron chi connectivity index (χ4n) is 2.76. The average Bonchev–Trinajstić information content (AvgIpc) is 2.48. The third kappa shape index (κ3) is 2.24. The van der Waals surface area contributed by atoms with Crippen LogP contribution in [0.2, 0.25) is 0 Å². The van der Waals surface area contributed by atoms with Gasteiger partial charge in [0.05, 0.1) is 11.4 Å². The Hall–Kier alpha value is -1.81. The molecule has 1 aromatic heterocycles.